The maximum atomic E-state index is 9.30. The summed E-state index contributed by atoms with van der Waals surface area (Å²) in [7, 11) is -0.880. The van der Waals surface area contributed by atoms with Gasteiger partial charge in [-0.2, -0.15) is 5.26 Å². The Morgan fingerprint density at radius 2 is 1.58 bits per heavy atom. The summed E-state index contributed by atoms with van der Waals surface area (Å²) in [5, 5.41) is 11.8. The van der Waals surface area contributed by atoms with E-state index in [0.29, 0.717) is 11.8 Å². The first-order valence-corrected chi connectivity index (χ1v) is 18.6. The van der Waals surface area contributed by atoms with Crippen LogP contribution in [0.15, 0.2) is 96.1 Å². The predicted molar refractivity (Wildman–Crippen MR) is 191 cm³/mol. The van der Waals surface area contributed by atoms with Crippen molar-refractivity contribution >= 4 is 18.7 Å². The van der Waals surface area contributed by atoms with Crippen LogP contribution in [0.2, 0.25) is 5.04 Å². The molecule has 1 aliphatic heterocycles. The van der Waals surface area contributed by atoms with Crippen molar-refractivity contribution in [2.75, 3.05) is 7.11 Å². The van der Waals surface area contributed by atoms with Crippen molar-refractivity contribution in [3.05, 3.63) is 96.1 Å². The van der Waals surface area contributed by atoms with E-state index in [9.17, 15) is 5.26 Å². The van der Waals surface area contributed by atoms with Crippen LogP contribution in [0.1, 0.15) is 81.6 Å². The first-order valence-electron chi connectivity index (χ1n) is 16.7. The minimum Gasteiger partial charge on any atom is -0.402 e. The highest BCUT2D eigenvalue weighted by atomic mass is 28.4. The molecule has 0 spiro atoms. The molecule has 0 bridgehead atoms. The molecule has 0 unspecified atom stereocenters. The fourth-order valence-electron chi connectivity index (χ4n) is 7.15. The molecule has 7 atom stereocenters. The molecular weight excluding hydrogens is 571 g/mol. The van der Waals surface area contributed by atoms with Crippen LogP contribution < -0.4 is 10.4 Å². The molecule has 1 fully saturated rings. The Kier molecular flexibility index (Phi) is 13.6. The number of nitrogens with zero attached hydrogens (tertiary/aromatic N) is 1. The molecule has 0 amide bonds. The molecule has 4 nitrogen and oxygen atoms in total. The van der Waals surface area contributed by atoms with Crippen molar-refractivity contribution in [3.8, 4) is 6.07 Å². The number of nitriles is 1. The highest BCUT2D eigenvalue weighted by molar-refractivity contribution is 6.99. The molecule has 5 heteroatoms. The molecule has 45 heavy (non-hydrogen) atoms. The molecule has 0 radical (unpaired) electrons. The number of methoxy groups -OCH3 is 1. The lowest BCUT2D eigenvalue weighted by atomic mass is 9.89. The summed E-state index contributed by atoms with van der Waals surface area (Å²) < 4.78 is 19.6. The van der Waals surface area contributed by atoms with Crippen molar-refractivity contribution in [2.24, 2.45) is 17.8 Å². The van der Waals surface area contributed by atoms with Crippen molar-refractivity contribution in [1.82, 2.24) is 0 Å². The molecule has 1 aliphatic rings. The van der Waals surface area contributed by atoms with Gasteiger partial charge >= 0.3 is 0 Å². The van der Waals surface area contributed by atoms with Gasteiger partial charge in [0.25, 0.3) is 8.32 Å². The van der Waals surface area contributed by atoms with Crippen LogP contribution in [0, 0.1) is 29.1 Å². The van der Waals surface area contributed by atoms with Gasteiger partial charge in [0, 0.05) is 13.0 Å². The zero-order chi connectivity index (χ0) is 33.2. The topological polar surface area (TPSA) is 51.5 Å². The van der Waals surface area contributed by atoms with Crippen LogP contribution in [-0.4, -0.2) is 39.8 Å². The van der Waals surface area contributed by atoms with Gasteiger partial charge in [-0.05, 0) is 72.9 Å². The van der Waals surface area contributed by atoms with Gasteiger partial charge in [-0.25, -0.2) is 0 Å². The lowest BCUT2D eigenvalue weighted by Crippen LogP contribution is -2.68. The van der Waals surface area contributed by atoms with Gasteiger partial charge in [0.15, 0.2) is 0 Å². The van der Waals surface area contributed by atoms with Crippen molar-refractivity contribution in [3.63, 3.8) is 0 Å². The third-order valence-electron chi connectivity index (χ3n) is 9.33. The maximum Gasteiger partial charge on any atom is 0.261 e. The van der Waals surface area contributed by atoms with E-state index >= 15 is 0 Å². The van der Waals surface area contributed by atoms with Crippen LogP contribution in [0.25, 0.3) is 0 Å². The van der Waals surface area contributed by atoms with E-state index in [1.54, 1.807) is 0 Å². The Bertz CT molecular complexity index is 1280. The Morgan fingerprint density at radius 3 is 2.09 bits per heavy atom. The van der Waals surface area contributed by atoms with Crippen LogP contribution in [-0.2, 0) is 13.9 Å². The smallest absolute Gasteiger partial charge is 0.261 e. The summed E-state index contributed by atoms with van der Waals surface area (Å²) in [5.74, 6) is 1.00. The maximum absolute atomic E-state index is 9.30. The van der Waals surface area contributed by atoms with Gasteiger partial charge in [0.05, 0.1) is 24.4 Å². The Balaban J connectivity index is 1.74. The second-order valence-corrected chi connectivity index (χ2v) is 18.5. The average Bonchev–Trinajstić information content (AvgIpc) is 3.00. The zero-order valence-electron chi connectivity index (χ0n) is 29.4. The highest BCUT2D eigenvalue weighted by Crippen LogP contribution is 2.38. The summed E-state index contributed by atoms with van der Waals surface area (Å²) in [5.41, 5.74) is 2.53. The van der Waals surface area contributed by atoms with Crippen molar-refractivity contribution in [2.45, 2.75) is 111 Å². The molecule has 0 saturated carbocycles. The fraction of sp³-hybridized carbons (Fsp3) is 0.525. The third-order valence-corrected chi connectivity index (χ3v) is 14.5. The Hall–Kier alpha value is -2.75. The quantitative estimate of drug-likeness (QED) is 0.127. The molecule has 0 aliphatic carbocycles. The summed E-state index contributed by atoms with van der Waals surface area (Å²) >= 11 is 0. The highest BCUT2D eigenvalue weighted by Gasteiger charge is 2.51. The lowest BCUT2D eigenvalue weighted by Gasteiger charge is -2.46. The van der Waals surface area contributed by atoms with E-state index in [4.69, 9.17) is 13.9 Å². The Labute approximate surface area is 275 Å². The van der Waals surface area contributed by atoms with Crippen LogP contribution in [0.5, 0.6) is 0 Å². The number of ether oxygens (including phenoxy) is 2. The molecule has 3 rings (SSSR count). The lowest BCUT2D eigenvalue weighted by molar-refractivity contribution is -0.0323. The normalized spacial score (nSPS) is 22.9. The molecule has 2 aromatic carbocycles. The molecular formula is C40H57NO3Si. The van der Waals surface area contributed by atoms with Gasteiger partial charge in [0.2, 0.25) is 0 Å². The van der Waals surface area contributed by atoms with Gasteiger partial charge in [-0.3, -0.25) is 0 Å². The summed E-state index contributed by atoms with van der Waals surface area (Å²) in [6.45, 7) is 20.2. The minimum absolute atomic E-state index is 0.0184. The standard InChI is InChI=1S/C40H57NO3Si/c1-29(18-17-19-31(3)38-32(4)24-25-35(28-41)43-38)26-30(2)27-33(5)39(42-10)34(6)44-45(40(7,8)9,36-20-13-11-14-21-36)37-22-15-12-16-23-37/h11-23,27,29,32-35,38-39H,24-26H2,1-10H3/b18-17+,30-27+,31-19+/t29-,32+,33+,34+,35-,38-,39-/m1/s1. The number of hydrogen-bond donors (Lipinski definition) is 0. The average molecular weight is 628 g/mol. The summed E-state index contributed by atoms with van der Waals surface area (Å²) in [4.78, 5) is 0. The molecule has 0 N–H and O–H groups in total. The van der Waals surface area contributed by atoms with E-state index in [2.05, 4.69) is 153 Å². The van der Waals surface area contributed by atoms with E-state index < -0.39 is 8.32 Å². The van der Waals surface area contributed by atoms with E-state index in [1.165, 1.54) is 21.5 Å². The fourth-order valence-corrected chi connectivity index (χ4v) is 11.9. The Morgan fingerprint density at radius 1 is 1.00 bits per heavy atom. The van der Waals surface area contributed by atoms with Crippen molar-refractivity contribution < 1.29 is 13.9 Å². The molecule has 2 aromatic rings. The van der Waals surface area contributed by atoms with E-state index in [1.807, 2.05) is 7.11 Å². The van der Waals surface area contributed by atoms with Crippen LogP contribution in [0.3, 0.4) is 0 Å². The second kappa shape index (κ2) is 16.7. The van der Waals surface area contributed by atoms with Crippen LogP contribution in [0.4, 0.5) is 0 Å². The minimum atomic E-state index is -2.69. The molecule has 244 valence electrons. The van der Waals surface area contributed by atoms with Gasteiger partial charge in [0.1, 0.15) is 6.10 Å². The monoisotopic (exact) mass is 627 g/mol. The third kappa shape index (κ3) is 9.39. The summed E-state index contributed by atoms with van der Waals surface area (Å²) in [6, 6.07) is 23.9. The van der Waals surface area contributed by atoms with Gasteiger partial charge < -0.3 is 13.9 Å². The largest absolute Gasteiger partial charge is 0.402 e. The number of hydrogen-bond acceptors (Lipinski definition) is 4. The van der Waals surface area contributed by atoms with Crippen molar-refractivity contribution in [1.29, 1.82) is 5.26 Å². The SMILES string of the molecule is CO[C@@H]([C@H](C)O[Si](c1ccccc1)(c1ccccc1)C(C)(C)C)[C@@H](C)/C=C(\C)C[C@H](C)/C=C/C=C(\C)[C@H]1O[C@@H](C#N)CC[C@@H]1C. The predicted octanol–water partition coefficient (Wildman–Crippen LogP) is 8.78. The first-order chi connectivity index (χ1) is 21.3. The molecule has 0 aromatic heterocycles. The number of benzene rings is 2. The van der Waals surface area contributed by atoms with E-state index in [0.717, 1.165) is 19.3 Å². The number of rotatable bonds is 13. The molecule has 1 saturated heterocycles. The van der Waals surface area contributed by atoms with Crippen LogP contribution >= 0.6 is 0 Å². The molecule has 1 heterocycles. The van der Waals surface area contributed by atoms with Gasteiger partial charge in [-0.1, -0.05) is 132 Å². The second-order valence-electron chi connectivity index (χ2n) is 14.3. The van der Waals surface area contributed by atoms with Gasteiger partial charge in [-0.15, -0.1) is 0 Å². The number of allylic oxidation sites excluding steroid dienone is 4. The van der Waals surface area contributed by atoms with E-state index in [-0.39, 0.29) is 35.4 Å². The zero-order valence-corrected chi connectivity index (χ0v) is 30.4. The summed E-state index contributed by atoms with van der Waals surface area (Å²) in [6.07, 6.45) is 11.3. The first kappa shape index (κ1) is 36.7.